The van der Waals surface area contributed by atoms with Gasteiger partial charge in [-0.2, -0.15) is 0 Å². The molecule has 0 fully saturated rings. The highest BCUT2D eigenvalue weighted by molar-refractivity contribution is 7.89. The van der Waals surface area contributed by atoms with Crippen molar-refractivity contribution in [2.24, 2.45) is 5.92 Å². The topological polar surface area (TPSA) is 55.4 Å². The van der Waals surface area contributed by atoms with E-state index in [1.165, 1.54) is 0 Å². The van der Waals surface area contributed by atoms with E-state index in [1.54, 1.807) is 7.11 Å². The molecular formula is C10H22ClNO3S. The number of hydrogen-bond donors (Lipinski definition) is 1. The molecule has 0 rings (SSSR count). The quantitative estimate of drug-likeness (QED) is 0.512. The van der Waals surface area contributed by atoms with E-state index in [2.05, 4.69) is 4.72 Å². The Labute approximate surface area is 104 Å². The monoisotopic (exact) mass is 271 g/mol. The summed E-state index contributed by atoms with van der Waals surface area (Å²) in [5.41, 5.74) is 0. The number of halogens is 1. The van der Waals surface area contributed by atoms with Crippen LogP contribution in [0.15, 0.2) is 0 Å². The molecule has 0 aliphatic carbocycles. The first-order valence-electron chi connectivity index (χ1n) is 5.48. The summed E-state index contributed by atoms with van der Waals surface area (Å²) < 4.78 is 31.0. The molecular weight excluding hydrogens is 250 g/mol. The lowest BCUT2D eigenvalue weighted by Gasteiger charge is -2.21. The third-order valence-electron chi connectivity index (χ3n) is 2.28. The predicted molar refractivity (Wildman–Crippen MR) is 67.4 cm³/mol. The molecule has 0 aromatic rings. The highest BCUT2D eigenvalue weighted by Gasteiger charge is 2.20. The van der Waals surface area contributed by atoms with Crippen molar-refractivity contribution in [2.45, 2.75) is 32.7 Å². The zero-order valence-corrected chi connectivity index (χ0v) is 11.8. The fourth-order valence-electron chi connectivity index (χ4n) is 1.22. The Morgan fingerprint density at radius 1 is 1.31 bits per heavy atom. The lowest BCUT2D eigenvalue weighted by Crippen LogP contribution is -2.42. The van der Waals surface area contributed by atoms with Crippen LogP contribution in [0.3, 0.4) is 0 Å². The number of unbranched alkanes of at least 4 members (excludes halogenated alkanes) is 1. The minimum absolute atomic E-state index is 0.132. The van der Waals surface area contributed by atoms with Gasteiger partial charge in [-0.05, 0) is 18.8 Å². The normalized spacial score (nSPS) is 14.3. The maximum atomic E-state index is 11.7. The number of rotatable bonds is 9. The minimum Gasteiger partial charge on any atom is -0.383 e. The minimum atomic E-state index is -3.21. The molecule has 0 heterocycles. The van der Waals surface area contributed by atoms with Crippen molar-refractivity contribution in [3.8, 4) is 0 Å². The van der Waals surface area contributed by atoms with Crippen molar-refractivity contribution < 1.29 is 13.2 Å². The van der Waals surface area contributed by atoms with Gasteiger partial charge in [0.25, 0.3) is 0 Å². The van der Waals surface area contributed by atoms with Gasteiger partial charge < -0.3 is 4.74 Å². The van der Waals surface area contributed by atoms with Crippen LogP contribution in [0.4, 0.5) is 0 Å². The Bertz CT molecular complexity index is 267. The van der Waals surface area contributed by atoms with Crippen LogP contribution in [0.5, 0.6) is 0 Å². The predicted octanol–water partition coefficient (Wildman–Crippen LogP) is 1.60. The second-order valence-corrected chi connectivity index (χ2v) is 6.39. The third kappa shape index (κ3) is 7.44. The second-order valence-electron chi connectivity index (χ2n) is 4.14. The molecule has 0 saturated carbocycles. The fourth-order valence-corrected chi connectivity index (χ4v) is 2.91. The van der Waals surface area contributed by atoms with E-state index >= 15 is 0 Å². The molecule has 0 saturated heterocycles. The van der Waals surface area contributed by atoms with E-state index in [9.17, 15) is 8.42 Å². The van der Waals surface area contributed by atoms with Crippen LogP contribution in [-0.2, 0) is 14.8 Å². The standard InChI is InChI=1S/C10H22ClNO3S/c1-9(2)10(8-15-3)12-16(13,14)7-5-4-6-11/h9-10,12H,4-8H2,1-3H3. The summed E-state index contributed by atoms with van der Waals surface area (Å²) in [6.45, 7) is 4.32. The summed E-state index contributed by atoms with van der Waals surface area (Å²) in [5, 5.41) is 0. The number of ether oxygens (including phenoxy) is 1. The highest BCUT2D eigenvalue weighted by atomic mass is 35.5. The average molecular weight is 272 g/mol. The molecule has 1 unspecified atom stereocenters. The fraction of sp³-hybridized carbons (Fsp3) is 1.00. The molecule has 1 N–H and O–H groups in total. The van der Waals surface area contributed by atoms with Gasteiger partial charge >= 0.3 is 0 Å². The van der Waals surface area contributed by atoms with E-state index < -0.39 is 10.0 Å². The Balaban J connectivity index is 4.19. The van der Waals surface area contributed by atoms with Gasteiger partial charge in [0.1, 0.15) is 0 Å². The highest BCUT2D eigenvalue weighted by Crippen LogP contribution is 2.05. The molecule has 0 aliphatic heterocycles. The third-order valence-corrected chi connectivity index (χ3v) is 4.03. The largest absolute Gasteiger partial charge is 0.383 e. The number of hydrogen-bond acceptors (Lipinski definition) is 3. The molecule has 0 radical (unpaired) electrons. The summed E-state index contributed by atoms with van der Waals surface area (Å²) in [6, 6.07) is -0.161. The zero-order valence-electron chi connectivity index (χ0n) is 10.2. The lowest BCUT2D eigenvalue weighted by atomic mass is 10.1. The lowest BCUT2D eigenvalue weighted by molar-refractivity contribution is 0.157. The number of methoxy groups -OCH3 is 1. The van der Waals surface area contributed by atoms with Crippen molar-refractivity contribution in [2.75, 3.05) is 25.3 Å². The van der Waals surface area contributed by atoms with E-state index in [0.717, 1.165) is 6.42 Å². The van der Waals surface area contributed by atoms with Crippen LogP contribution in [-0.4, -0.2) is 39.8 Å². The van der Waals surface area contributed by atoms with Crippen LogP contribution >= 0.6 is 11.6 Å². The molecule has 16 heavy (non-hydrogen) atoms. The number of sulfonamides is 1. The van der Waals surface area contributed by atoms with Gasteiger partial charge in [-0.15, -0.1) is 11.6 Å². The van der Waals surface area contributed by atoms with Crippen molar-refractivity contribution in [1.82, 2.24) is 4.72 Å². The number of alkyl halides is 1. The Hall–Kier alpha value is 0.160. The summed E-state index contributed by atoms with van der Waals surface area (Å²) in [5.74, 6) is 0.844. The van der Waals surface area contributed by atoms with E-state index in [4.69, 9.17) is 16.3 Å². The molecule has 98 valence electrons. The SMILES string of the molecule is COCC(NS(=O)(=O)CCCCCl)C(C)C. The van der Waals surface area contributed by atoms with Crippen LogP contribution in [0.1, 0.15) is 26.7 Å². The zero-order chi connectivity index (χ0) is 12.6. The van der Waals surface area contributed by atoms with E-state index in [-0.39, 0.29) is 17.7 Å². The van der Waals surface area contributed by atoms with Crippen molar-refractivity contribution in [1.29, 1.82) is 0 Å². The van der Waals surface area contributed by atoms with Gasteiger partial charge in [0, 0.05) is 19.0 Å². The first-order chi connectivity index (χ1) is 7.43. The van der Waals surface area contributed by atoms with Gasteiger partial charge in [0.15, 0.2) is 0 Å². The molecule has 1 atom stereocenters. The summed E-state index contributed by atoms with van der Waals surface area (Å²) in [7, 11) is -1.64. The van der Waals surface area contributed by atoms with Crippen LogP contribution in [0, 0.1) is 5.92 Å². The first kappa shape index (κ1) is 16.2. The van der Waals surface area contributed by atoms with E-state index in [0.29, 0.717) is 18.9 Å². The van der Waals surface area contributed by atoms with Gasteiger partial charge in [-0.3, -0.25) is 0 Å². The Morgan fingerprint density at radius 2 is 1.94 bits per heavy atom. The van der Waals surface area contributed by atoms with Crippen LogP contribution in [0.2, 0.25) is 0 Å². The summed E-state index contributed by atoms with van der Waals surface area (Å²) in [4.78, 5) is 0. The maximum Gasteiger partial charge on any atom is 0.211 e. The van der Waals surface area contributed by atoms with Crippen molar-refractivity contribution >= 4 is 21.6 Å². The van der Waals surface area contributed by atoms with Crippen LogP contribution in [0.25, 0.3) is 0 Å². The molecule has 0 aliphatic rings. The molecule has 6 heteroatoms. The molecule has 4 nitrogen and oxygen atoms in total. The number of nitrogens with one attached hydrogen (secondary N) is 1. The molecule has 0 bridgehead atoms. The van der Waals surface area contributed by atoms with Gasteiger partial charge in [0.2, 0.25) is 10.0 Å². The van der Waals surface area contributed by atoms with Crippen molar-refractivity contribution in [3.05, 3.63) is 0 Å². The molecule has 0 spiro atoms. The average Bonchev–Trinajstić information content (AvgIpc) is 2.17. The van der Waals surface area contributed by atoms with Crippen molar-refractivity contribution in [3.63, 3.8) is 0 Å². The Morgan fingerprint density at radius 3 is 2.38 bits per heavy atom. The van der Waals surface area contributed by atoms with Crippen LogP contribution < -0.4 is 4.72 Å². The summed E-state index contributed by atoms with van der Waals surface area (Å²) >= 11 is 5.50. The first-order valence-corrected chi connectivity index (χ1v) is 7.66. The van der Waals surface area contributed by atoms with Gasteiger partial charge in [-0.25, -0.2) is 13.1 Å². The molecule has 0 aromatic carbocycles. The van der Waals surface area contributed by atoms with Gasteiger partial charge in [0.05, 0.1) is 12.4 Å². The maximum absolute atomic E-state index is 11.7. The Kier molecular flexibility index (Phi) is 8.36. The smallest absolute Gasteiger partial charge is 0.211 e. The van der Waals surface area contributed by atoms with Gasteiger partial charge in [-0.1, -0.05) is 13.8 Å². The molecule has 0 amide bonds. The summed E-state index contributed by atoms with van der Waals surface area (Å²) in [6.07, 6.45) is 1.32. The second kappa shape index (κ2) is 8.28. The molecule has 0 aromatic heterocycles. The van der Waals surface area contributed by atoms with E-state index in [1.807, 2.05) is 13.8 Å².